The number of halogens is 1. The summed E-state index contributed by atoms with van der Waals surface area (Å²) < 4.78 is 13.5. The van der Waals surface area contributed by atoms with E-state index >= 15 is 0 Å². The van der Waals surface area contributed by atoms with Gasteiger partial charge in [-0.1, -0.05) is 34.6 Å². The first-order valence-corrected chi connectivity index (χ1v) is 5.67. The largest absolute Gasteiger partial charge is 0.350 e. The van der Waals surface area contributed by atoms with Crippen molar-refractivity contribution < 1.29 is 40.3 Å². The Balaban J connectivity index is 0.00000225. The second kappa shape index (κ2) is 5.40. The molecule has 0 heterocycles. The minimum Gasteiger partial charge on any atom is -0.350 e. The second-order valence-electron chi connectivity index (χ2n) is 6.03. The van der Waals surface area contributed by atoms with Gasteiger partial charge < -0.3 is 5.32 Å². The Morgan fingerprint density at radius 3 is 2.00 bits per heavy atom. The maximum Gasteiger partial charge on any atom is 0.257 e. The molecule has 16 heavy (non-hydrogen) atoms. The minimum absolute atomic E-state index is 0. The SMILES string of the molecule is CC(C)[C@H](NC(=O)C1(F)CC1)C(C)(C)C.[U]. The van der Waals surface area contributed by atoms with Crippen molar-refractivity contribution in [1.29, 1.82) is 0 Å². The van der Waals surface area contributed by atoms with Gasteiger partial charge in [-0.3, -0.25) is 4.79 Å². The molecule has 1 saturated carbocycles. The van der Waals surface area contributed by atoms with E-state index in [9.17, 15) is 9.18 Å². The molecule has 1 fully saturated rings. The molecule has 0 spiro atoms. The summed E-state index contributed by atoms with van der Waals surface area (Å²) in [4.78, 5) is 11.6. The van der Waals surface area contributed by atoms with Crippen molar-refractivity contribution in [3.05, 3.63) is 0 Å². The van der Waals surface area contributed by atoms with Crippen LogP contribution in [-0.4, -0.2) is 17.6 Å². The zero-order valence-electron chi connectivity index (χ0n) is 10.9. The van der Waals surface area contributed by atoms with Gasteiger partial charge in [0.1, 0.15) is 0 Å². The van der Waals surface area contributed by atoms with E-state index in [0.29, 0.717) is 18.8 Å². The molecule has 1 amide bonds. The number of hydrogen-bond acceptors (Lipinski definition) is 1. The normalized spacial score (nSPS) is 19.9. The van der Waals surface area contributed by atoms with Crippen LogP contribution < -0.4 is 5.32 Å². The van der Waals surface area contributed by atoms with Gasteiger partial charge in [-0.25, -0.2) is 4.39 Å². The van der Waals surface area contributed by atoms with Gasteiger partial charge in [0.2, 0.25) is 0 Å². The molecule has 1 aliphatic carbocycles. The minimum atomic E-state index is -1.56. The molecule has 0 saturated heterocycles. The number of nitrogens with one attached hydrogen (secondary N) is 1. The van der Waals surface area contributed by atoms with Crippen LogP contribution in [0.2, 0.25) is 0 Å². The molecule has 1 atom stereocenters. The van der Waals surface area contributed by atoms with Crippen LogP contribution in [0, 0.1) is 42.4 Å². The summed E-state index contributed by atoms with van der Waals surface area (Å²) in [5.74, 6) is -0.104. The molecule has 0 bridgehead atoms. The standard InChI is InChI=1S/C12H22FNO.U/c1-8(2)9(11(3,4)5)14-10(15)12(13)6-7-12;/h8-9H,6-7H2,1-5H3,(H,14,15);/t9-;/m0./s1. The molecule has 0 aliphatic heterocycles. The van der Waals surface area contributed by atoms with Crippen LogP contribution >= 0.6 is 0 Å². The molecule has 92 valence electrons. The molecule has 0 radical (unpaired) electrons. The number of rotatable bonds is 3. The van der Waals surface area contributed by atoms with Crippen molar-refractivity contribution in [3.8, 4) is 0 Å². The van der Waals surface area contributed by atoms with Crippen LogP contribution in [0.25, 0.3) is 0 Å². The number of hydrogen-bond donors (Lipinski definition) is 1. The zero-order valence-corrected chi connectivity index (χ0v) is 15.0. The molecule has 0 aromatic heterocycles. The molecule has 2 nitrogen and oxygen atoms in total. The van der Waals surface area contributed by atoms with Crippen molar-refractivity contribution in [3.63, 3.8) is 0 Å². The number of carbonyl (C=O) groups is 1. The number of carbonyl (C=O) groups excluding carboxylic acids is 1. The Morgan fingerprint density at radius 2 is 1.75 bits per heavy atom. The third kappa shape index (κ3) is 4.04. The van der Waals surface area contributed by atoms with Crippen LogP contribution in [0.4, 0.5) is 4.39 Å². The fourth-order valence-corrected chi connectivity index (χ4v) is 1.99. The first-order valence-electron chi connectivity index (χ1n) is 5.67. The number of alkyl halides is 1. The molecule has 0 aromatic carbocycles. The van der Waals surface area contributed by atoms with E-state index in [2.05, 4.69) is 26.1 Å². The van der Waals surface area contributed by atoms with Crippen molar-refractivity contribution in [2.24, 2.45) is 11.3 Å². The van der Waals surface area contributed by atoms with Gasteiger partial charge in [-0.15, -0.1) is 0 Å². The van der Waals surface area contributed by atoms with Crippen LogP contribution in [0.3, 0.4) is 0 Å². The molecule has 4 heteroatoms. The predicted octanol–water partition coefficient (Wildman–Crippen LogP) is 2.68. The van der Waals surface area contributed by atoms with Crippen LogP contribution in [-0.2, 0) is 4.79 Å². The molecule has 1 aliphatic rings. The van der Waals surface area contributed by atoms with Crippen molar-refractivity contribution >= 4 is 5.91 Å². The predicted molar refractivity (Wildman–Crippen MR) is 59.3 cm³/mol. The smallest absolute Gasteiger partial charge is 0.257 e. The first kappa shape index (κ1) is 16.5. The Hall–Kier alpha value is 0.452. The monoisotopic (exact) mass is 453 g/mol. The Morgan fingerprint density at radius 1 is 1.31 bits per heavy atom. The van der Waals surface area contributed by atoms with Gasteiger partial charge in [-0.05, 0) is 24.2 Å². The van der Waals surface area contributed by atoms with Crippen LogP contribution in [0.5, 0.6) is 0 Å². The van der Waals surface area contributed by atoms with Crippen molar-refractivity contribution in [2.45, 2.75) is 59.2 Å². The van der Waals surface area contributed by atoms with Crippen molar-refractivity contribution in [1.82, 2.24) is 5.32 Å². The summed E-state index contributed by atoms with van der Waals surface area (Å²) in [6.07, 6.45) is 0.765. The maximum atomic E-state index is 13.5. The fourth-order valence-electron chi connectivity index (χ4n) is 1.99. The van der Waals surface area contributed by atoms with Gasteiger partial charge in [0.25, 0.3) is 5.91 Å². The maximum absolute atomic E-state index is 13.5. The van der Waals surface area contributed by atoms with E-state index in [1.165, 1.54) is 0 Å². The summed E-state index contributed by atoms with van der Waals surface area (Å²) >= 11 is 0. The molecule has 1 N–H and O–H groups in total. The Labute approximate surface area is 122 Å². The van der Waals surface area contributed by atoms with E-state index in [1.54, 1.807) is 0 Å². The molecule has 0 unspecified atom stereocenters. The number of amides is 1. The topological polar surface area (TPSA) is 29.1 Å². The quantitative estimate of drug-likeness (QED) is 0.700. The van der Waals surface area contributed by atoms with E-state index in [1.807, 2.05) is 13.8 Å². The van der Waals surface area contributed by atoms with Gasteiger partial charge >= 0.3 is 0 Å². The fraction of sp³-hybridized carbons (Fsp3) is 0.917. The summed E-state index contributed by atoms with van der Waals surface area (Å²) in [6, 6.07) is 0.0261. The van der Waals surface area contributed by atoms with E-state index in [4.69, 9.17) is 0 Å². The van der Waals surface area contributed by atoms with E-state index < -0.39 is 11.6 Å². The third-order valence-corrected chi connectivity index (χ3v) is 2.98. The van der Waals surface area contributed by atoms with Gasteiger partial charge in [0.15, 0.2) is 5.67 Å². The van der Waals surface area contributed by atoms with Gasteiger partial charge in [-0.2, -0.15) is 0 Å². The Bertz CT molecular complexity index is 256. The summed E-state index contributed by atoms with van der Waals surface area (Å²) in [7, 11) is 0. The average molecular weight is 453 g/mol. The Kier molecular flexibility index (Phi) is 5.55. The summed E-state index contributed by atoms with van der Waals surface area (Å²) in [5.41, 5.74) is -1.59. The molecular weight excluding hydrogens is 431 g/mol. The molecular formula is C12H22FNOU. The zero-order chi connectivity index (χ0) is 11.9. The summed E-state index contributed by atoms with van der Waals surface area (Å²) in [6.45, 7) is 10.3. The second-order valence-corrected chi connectivity index (χ2v) is 6.03. The van der Waals surface area contributed by atoms with Gasteiger partial charge in [0, 0.05) is 37.2 Å². The average Bonchev–Trinajstić information content (AvgIpc) is 2.77. The van der Waals surface area contributed by atoms with Crippen LogP contribution in [0.1, 0.15) is 47.5 Å². The van der Waals surface area contributed by atoms with Crippen LogP contribution in [0.15, 0.2) is 0 Å². The van der Waals surface area contributed by atoms with Gasteiger partial charge in [0.05, 0.1) is 0 Å². The third-order valence-electron chi connectivity index (χ3n) is 2.98. The van der Waals surface area contributed by atoms with Crippen molar-refractivity contribution in [2.75, 3.05) is 0 Å². The molecule has 0 aromatic rings. The summed E-state index contributed by atoms with van der Waals surface area (Å²) in [5, 5.41) is 2.84. The molecule has 1 rings (SSSR count). The van der Waals surface area contributed by atoms with E-state index in [-0.39, 0.29) is 42.6 Å². The first-order chi connectivity index (χ1) is 6.67. The van der Waals surface area contributed by atoms with E-state index in [0.717, 1.165) is 0 Å².